The summed E-state index contributed by atoms with van der Waals surface area (Å²) in [5, 5.41) is 6.89. The summed E-state index contributed by atoms with van der Waals surface area (Å²) in [5.74, 6) is 0. The lowest BCUT2D eigenvalue weighted by Crippen LogP contribution is -2.05. The Bertz CT molecular complexity index is 731. The fraction of sp³-hybridized carbons (Fsp3) is 0.176. The molecule has 0 aliphatic rings. The smallest absolute Gasteiger partial charge is 0.0383 e. The predicted octanol–water partition coefficient (Wildman–Crippen LogP) is 5.08. The van der Waals surface area contributed by atoms with Crippen molar-refractivity contribution in [2.45, 2.75) is 23.3 Å². The van der Waals surface area contributed by atoms with E-state index in [1.165, 1.54) is 31.0 Å². The Morgan fingerprint density at radius 3 is 2.75 bits per heavy atom. The van der Waals surface area contributed by atoms with Crippen LogP contribution in [0.2, 0.25) is 0 Å². The maximum absolute atomic E-state index is 3.24. The lowest BCUT2D eigenvalue weighted by molar-refractivity contribution is 0.803. The minimum atomic E-state index is 0.907. The Morgan fingerprint density at radius 2 is 1.90 bits per heavy atom. The summed E-state index contributed by atoms with van der Waals surface area (Å²) in [6.45, 7) is 3.09. The third-order valence-electron chi connectivity index (χ3n) is 3.32. The standard InChI is InChI=1S/C17H17NS2/c1-12-6-5-8-14-16(11-19-17(12)14)20-15-9-4-3-7-13(15)10-18-2/h3-9,11,18H,10H2,1-2H3. The van der Waals surface area contributed by atoms with Crippen LogP contribution >= 0.6 is 23.1 Å². The number of fused-ring (bicyclic) bond motifs is 1. The van der Waals surface area contributed by atoms with Gasteiger partial charge in [-0.15, -0.1) is 11.3 Å². The molecule has 1 nitrogen and oxygen atoms in total. The van der Waals surface area contributed by atoms with Gasteiger partial charge in [-0.2, -0.15) is 0 Å². The van der Waals surface area contributed by atoms with Crippen LogP contribution in [0.25, 0.3) is 10.1 Å². The summed E-state index contributed by atoms with van der Waals surface area (Å²) >= 11 is 3.71. The maximum Gasteiger partial charge on any atom is 0.0383 e. The van der Waals surface area contributed by atoms with Crippen molar-refractivity contribution in [1.29, 1.82) is 0 Å². The Morgan fingerprint density at radius 1 is 1.05 bits per heavy atom. The largest absolute Gasteiger partial charge is 0.316 e. The minimum Gasteiger partial charge on any atom is -0.316 e. The topological polar surface area (TPSA) is 12.0 Å². The second kappa shape index (κ2) is 6.00. The Kier molecular flexibility index (Phi) is 4.10. The van der Waals surface area contributed by atoms with Gasteiger partial charge in [0.15, 0.2) is 0 Å². The van der Waals surface area contributed by atoms with E-state index in [9.17, 15) is 0 Å². The van der Waals surface area contributed by atoms with Crippen molar-refractivity contribution in [3.8, 4) is 0 Å². The normalized spacial score (nSPS) is 11.1. The molecule has 0 bridgehead atoms. The minimum absolute atomic E-state index is 0.907. The van der Waals surface area contributed by atoms with Crippen molar-refractivity contribution in [2.24, 2.45) is 0 Å². The van der Waals surface area contributed by atoms with Gasteiger partial charge in [-0.05, 0) is 31.2 Å². The van der Waals surface area contributed by atoms with Crippen LogP contribution in [0.4, 0.5) is 0 Å². The van der Waals surface area contributed by atoms with E-state index in [0.29, 0.717) is 0 Å². The molecule has 0 saturated heterocycles. The molecule has 20 heavy (non-hydrogen) atoms. The molecule has 102 valence electrons. The summed E-state index contributed by atoms with van der Waals surface area (Å²) < 4.78 is 1.40. The van der Waals surface area contributed by atoms with E-state index in [2.05, 4.69) is 60.1 Å². The summed E-state index contributed by atoms with van der Waals surface area (Å²) in [4.78, 5) is 2.69. The number of aryl methyl sites for hydroxylation is 1. The average Bonchev–Trinajstić information content (AvgIpc) is 2.86. The first-order valence-electron chi connectivity index (χ1n) is 6.67. The third kappa shape index (κ3) is 2.62. The molecular formula is C17H17NS2. The number of nitrogens with one attached hydrogen (secondary N) is 1. The van der Waals surface area contributed by atoms with E-state index < -0.39 is 0 Å². The van der Waals surface area contributed by atoms with Gasteiger partial charge in [0, 0.05) is 31.8 Å². The van der Waals surface area contributed by atoms with Gasteiger partial charge in [0.05, 0.1) is 0 Å². The highest BCUT2D eigenvalue weighted by molar-refractivity contribution is 7.99. The van der Waals surface area contributed by atoms with Crippen LogP contribution in [0.5, 0.6) is 0 Å². The zero-order chi connectivity index (χ0) is 13.9. The van der Waals surface area contributed by atoms with E-state index in [1.807, 2.05) is 30.1 Å². The zero-order valence-electron chi connectivity index (χ0n) is 11.6. The lowest BCUT2D eigenvalue weighted by Gasteiger charge is -2.08. The van der Waals surface area contributed by atoms with Gasteiger partial charge < -0.3 is 5.32 Å². The molecule has 0 aliphatic carbocycles. The second-order valence-electron chi connectivity index (χ2n) is 4.79. The Labute approximate surface area is 128 Å². The highest BCUT2D eigenvalue weighted by atomic mass is 32.2. The van der Waals surface area contributed by atoms with Gasteiger partial charge in [0.25, 0.3) is 0 Å². The predicted molar refractivity (Wildman–Crippen MR) is 89.9 cm³/mol. The Balaban J connectivity index is 2.00. The quantitative estimate of drug-likeness (QED) is 0.721. The molecule has 3 heteroatoms. The summed E-state index contributed by atoms with van der Waals surface area (Å²) in [5.41, 5.74) is 2.72. The number of hydrogen-bond acceptors (Lipinski definition) is 3. The lowest BCUT2D eigenvalue weighted by atomic mass is 10.2. The number of benzene rings is 2. The average molecular weight is 299 g/mol. The number of rotatable bonds is 4. The van der Waals surface area contributed by atoms with E-state index in [4.69, 9.17) is 0 Å². The van der Waals surface area contributed by atoms with Crippen LogP contribution in [-0.4, -0.2) is 7.05 Å². The van der Waals surface area contributed by atoms with Crippen LogP contribution < -0.4 is 5.32 Å². The molecule has 3 aromatic rings. The Hall–Kier alpha value is -1.29. The highest BCUT2D eigenvalue weighted by Gasteiger charge is 2.09. The van der Waals surface area contributed by atoms with E-state index in [0.717, 1.165) is 6.54 Å². The van der Waals surface area contributed by atoms with Crippen molar-refractivity contribution in [3.05, 3.63) is 59.0 Å². The van der Waals surface area contributed by atoms with E-state index >= 15 is 0 Å². The van der Waals surface area contributed by atoms with E-state index in [1.54, 1.807) is 0 Å². The molecule has 1 aromatic heterocycles. The van der Waals surface area contributed by atoms with Crippen LogP contribution in [-0.2, 0) is 6.54 Å². The van der Waals surface area contributed by atoms with Crippen molar-refractivity contribution >= 4 is 33.2 Å². The molecule has 0 amide bonds. The first-order chi connectivity index (χ1) is 9.79. The summed E-state index contributed by atoms with van der Waals surface area (Å²) in [6.07, 6.45) is 0. The van der Waals surface area contributed by atoms with Crippen LogP contribution in [0.3, 0.4) is 0 Å². The molecule has 0 saturated carbocycles. The molecular weight excluding hydrogens is 282 g/mol. The van der Waals surface area contributed by atoms with Crippen LogP contribution in [0.1, 0.15) is 11.1 Å². The fourth-order valence-electron chi connectivity index (χ4n) is 2.32. The maximum atomic E-state index is 3.24. The van der Waals surface area contributed by atoms with Gasteiger partial charge in [0.1, 0.15) is 0 Å². The monoisotopic (exact) mass is 299 g/mol. The van der Waals surface area contributed by atoms with E-state index in [-0.39, 0.29) is 0 Å². The van der Waals surface area contributed by atoms with Gasteiger partial charge in [-0.25, -0.2) is 0 Å². The van der Waals surface area contributed by atoms with Crippen molar-refractivity contribution in [2.75, 3.05) is 7.05 Å². The first-order valence-corrected chi connectivity index (χ1v) is 8.36. The van der Waals surface area contributed by atoms with Crippen LogP contribution in [0.15, 0.2) is 57.6 Å². The summed E-state index contributed by atoms with van der Waals surface area (Å²) in [7, 11) is 1.99. The molecule has 1 N–H and O–H groups in total. The number of thiophene rings is 1. The van der Waals surface area contributed by atoms with Gasteiger partial charge in [-0.3, -0.25) is 0 Å². The molecule has 3 rings (SSSR count). The molecule has 0 aliphatic heterocycles. The molecule has 0 unspecified atom stereocenters. The van der Waals surface area contributed by atoms with Crippen molar-refractivity contribution < 1.29 is 0 Å². The molecule has 0 fully saturated rings. The SMILES string of the molecule is CNCc1ccccc1Sc1csc2c(C)cccc12. The number of hydrogen-bond donors (Lipinski definition) is 1. The van der Waals surface area contributed by atoms with Gasteiger partial charge in [-0.1, -0.05) is 48.2 Å². The summed E-state index contributed by atoms with van der Waals surface area (Å²) in [6, 6.07) is 15.2. The van der Waals surface area contributed by atoms with Crippen LogP contribution in [0, 0.1) is 6.92 Å². The molecule has 1 heterocycles. The second-order valence-corrected chi connectivity index (χ2v) is 6.76. The van der Waals surface area contributed by atoms with Crippen molar-refractivity contribution in [1.82, 2.24) is 5.32 Å². The molecule has 0 radical (unpaired) electrons. The zero-order valence-corrected chi connectivity index (χ0v) is 13.3. The highest BCUT2D eigenvalue weighted by Crippen LogP contribution is 2.39. The molecule has 2 aromatic carbocycles. The molecule has 0 spiro atoms. The first kappa shape index (κ1) is 13.7. The van der Waals surface area contributed by atoms with Crippen molar-refractivity contribution in [3.63, 3.8) is 0 Å². The van der Waals surface area contributed by atoms with Gasteiger partial charge in [0.2, 0.25) is 0 Å². The third-order valence-corrected chi connectivity index (χ3v) is 5.78. The fourth-order valence-corrected chi connectivity index (χ4v) is 4.56. The van der Waals surface area contributed by atoms with Gasteiger partial charge >= 0.3 is 0 Å². The molecule has 0 atom stereocenters.